The first-order chi connectivity index (χ1) is 12.9. The van der Waals surface area contributed by atoms with E-state index in [9.17, 15) is 24.2 Å². The Labute approximate surface area is 157 Å². The Hall–Kier alpha value is -2.63. The minimum atomic E-state index is -3.24. The minimum absolute atomic E-state index is 0.0150. The lowest BCUT2D eigenvalue weighted by molar-refractivity contribution is -0.143. The normalized spacial score (nSPS) is 14.1. The van der Waals surface area contributed by atoms with Crippen LogP contribution in [0.15, 0.2) is 60.7 Å². The SMILES string of the molecule is O=C(O)CCC(C(=O)O)C(CN(c1ccccc1)c1ccccc1)[PH](=O)O. The van der Waals surface area contributed by atoms with E-state index in [-0.39, 0.29) is 19.4 Å². The molecule has 8 heteroatoms. The van der Waals surface area contributed by atoms with Crippen LogP contribution in [0.1, 0.15) is 12.8 Å². The Kier molecular flexibility index (Phi) is 7.58. The predicted molar refractivity (Wildman–Crippen MR) is 103 cm³/mol. The number of nitrogens with zero attached hydrogens (tertiary/aromatic N) is 1. The average Bonchev–Trinajstić information content (AvgIpc) is 2.65. The van der Waals surface area contributed by atoms with Crippen molar-refractivity contribution in [2.75, 3.05) is 11.4 Å². The van der Waals surface area contributed by atoms with Gasteiger partial charge in [0.1, 0.15) is 0 Å². The van der Waals surface area contributed by atoms with E-state index in [2.05, 4.69) is 0 Å². The molecule has 0 aromatic heterocycles. The van der Waals surface area contributed by atoms with Crippen LogP contribution in [0.25, 0.3) is 0 Å². The standard InChI is InChI=1S/C19H22NO6P/c21-18(22)12-11-16(19(23)24)17(27(25)26)13-20(14-7-3-1-4-8-14)15-9-5-2-6-10-15/h1-10,16-17,27H,11-13H2,(H,21,22)(H,23,24)(H,25,26). The quantitative estimate of drug-likeness (QED) is 0.533. The zero-order chi connectivity index (χ0) is 19.8. The van der Waals surface area contributed by atoms with E-state index in [4.69, 9.17) is 5.11 Å². The van der Waals surface area contributed by atoms with E-state index in [1.807, 2.05) is 60.7 Å². The van der Waals surface area contributed by atoms with E-state index in [1.54, 1.807) is 4.90 Å². The van der Waals surface area contributed by atoms with Gasteiger partial charge in [-0.25, -0.2) is 0 Å². The van der Waals surface area contributed by atoms with Gasteiger partial charge in [-0.15, -0.1) is 0 Å². The highest BCUT2D eigenvalue weighted by atomic mass is 31.1. The van der Waals surface area contributed by atoms with Crippen molar-refractivity contribution in [1.82, 2.24) is 0 Å². The van der Waals surface area contributed by atoms with Gasteiger partial charge in [-0.2, -0.15) is 0 Å². The van der Waals surface area contributed by atoms with Gasteiger partial charge in [0.05, 0.1) is 11.6 Å². The highest BCUT2D eigenvalue weighted by Gasteiger charge is 2.34. The molecular weight excluding hydrogens is 369 g/mol. The summed E-state index contributed by atoms with van der Waals surface area (Å²) in [7, 11) is -3.24. The molecule has 0 amide bonds. The van der Waals surface area contributed by atoms with Crippen LogP contribution in [0.3, 0.4) is 0 Å². The van der Waals surface area contributed by atoms with Crippen molar-refractivity contribution >= 4 is 31.3 Å². The summed E-state index contributed by atoms with van der Waals surface area (Å²) in [4.78, 5) is 34.1. The third-order valence-electron chi connectivity index (χ3n) is 4.30. The van der Waals surface area contributed by atoms with Crippen molar-refractivity contribution in [3.63, 3.8) is 0 Å². The van der Waals surface area contributed by atoms with Crippen LogP contribution in [0.4, 0.5) is 11.4 Å². The average molecular weight is 391 g/mol. The van der Waals surface area contributed by atoms with Crippen LogP contribution < -0.4 is 4.90 Å². The second-order valence-electron chi connectivity index (χ2n) is 6.10. The molecule has 3 N–H and O–H groups in total. The third kappa shape index (κ3) is 5.94. The summed E-state index contributed by atoms with van der Waals surface area (Å²) in [5.41, 5.74) is 0.408. The molecule has 2 aromatic rings. The fourth-order valence-electron chi connectivity index (χ4n) is 2.93. The number of carboxylic acids is 2. The fourth-order valence-corrected chi connectivity index (χ4v) is 3.92. The number of para-hydroxylation sites is 2. The monoisotopic (exact) mass is 391 g/mol. The predicted octanol–water partition coefficient (Wildman–Crippen LogP) is 3.23. The molecular formula is C19H22NO6P. The second-order valence-corrected chi connectivity index (χ2v) is 7.52. The molecule has 0 saturated carbocycles. The maximum atomic E-state index is 12.0. The van der Waals surface area contributed by atoms with Crippen LogP contribution >= 0.6 is 8.03 Å². The molecule has 0 bridgehead atoms. The van der Waals surface area contributed by atoms with Gasteiger partial charge < -0.3 is 20.0 Å². The molecule has 0 saturated heterocycles. The Bertz CT molecular complexity index is 744. The highest BCUT2D eigenvalue weighted by Crippen LogP contribution is 2.36. The zero-order valence-corrected chi connectivity index (χ0v) is 15.6. The maximum Gasteiger partial charge on any atom is 0.307 e. The summed E-state index contributed by atoms with van der Waals surface area (Å²) in [6.07, 6.45) is -0.580. The molecule has 0 heterocycles. The number of hydrogen-bond donors (Lipinski definition) is 3. The Morgan fingerprint density at radius 1 is 0.926 bits per heavy atom. The first-order valence-corrected chi connectivity index (χ1v) is 9.88. The topological polar surface area (TPSA) is 115 Å². The summed E-state index contributed by atoms with van der Waals surface area (Å²) in [5, 5.41) is 18.4. The van der Waals surface area contributed by atoms with Gasteiger partial charge >= 0.3 is 11.9 Å². The summed E-state index contributed by atoms with van der Waals surface area (Å²) in [6.45, 7) is -0.0150. The Balaban J connectivity index is 2.37. The zero-order valence-electron chi connectivity index (χ0n) is 14.6. The van der Waals surface area contributed by atoms with Gasteiger partial charge in [-0.3, -0.25) is 14.2 Å². The van der Waals surface area contributed by atoms with Crippen LogP contribution in [-0.4, -0.2) is 39.2 Å². The van der Waals surface area contributed by atoms with Crippen molar-refractivity contribution < 1.29 is 29.3 Å². The van der Waals surface area contributed by atoms with Crippen molar-refractivity contribution in [3.05, 3.63) is 60.7 Å². The van der Waals surface area contributed by atoms with Crippen LogP contribution in [0.5, 0.6) is 0 Å². The first kappa shape index (κ1) is 20.7. The van der Waals surface area contributed by atoms with E-state index < -0.39 is 31.5 Å². The minimum Gasteiger partial charge on any atom is -0.481 e. The smallest absolute Gasteiger partial charge is 0.307 e. The van der Waals surface area contributed by atoms with Gasteiger partial charge in [0.25, 0.3) is 0 Å². The van der Waals surface area contributed by atoms with Crippen LogP contribution in [0.2, 0.25) is 0 Å². The lowest BCUT2D eigenvalue weighted by Gasteiger charge is -2.31. The molecule has 144 valence electrons. The number of hydrogen-bond acceptors (Lipinski definition) is 4. The summed E-state index contributed by atoms with van der Waals surface area (Å²) >= 11 is 0. The lowest BCUT2D eigenvalue weighted by atomic mass is 9.98. The van der Waals surface area contributed by atoms with Gasteiger partial charge in [0, 0.05) is 24.3 Å². The van der Waals surface area contributed by atoms with Crippen LogP contribution in [-0.2, 0) is 14.2 Å². The molecule has 2 aromatic carbocycles. The van der Waals surface area contributed by atoms with Gasteiger partial charge in [-0.1, -0.05) is 36.4 Å². The number of benzene rings is 2. The van der Waals surface area contributed by atoms with E-state index in [0.717, 1.165) is 11.4 Å². The fraction of sp³-hybridized carbons (Fsp3) is 0.263. The Morgan fingerprint density at radius 3 is 1.78 bits per heavy atom. The molecule has 0 aliphatic rings. The number of carbonyl (C=O) groups is 2. The molecule has 0 aliphatic heterocycles. The van der Waals surface area contributed by atoms with E-state index in [1.165, 1.54) is 0 Å². The molecule has 2 rings (SSSR count). The summed E-state index contributed by atoms with van der Waals surface area (Å²) < 4.78 is 12.0. The largest absolute Gasteiger partial charge is 0.481 e. The third-order valence-corrected chi connectivity index (χ3v) is 5.52. The van der Waals surface area contributed by atoms with Crippen molar-refractivity contribution in [1.29, 1.82) is 0 Å². The first-order valence-electron chi connectivity index (χ1n) is 8.45. The summed E-state index contributed by atoms with van der Waals surface area (Å²) in [6, 6.07) is 18.3. The molecule has 0 radical (unpaired) electrons. The highest BCUT2D eigenvalue weighted by molar-refractivity contribution is 7.39. The molecule has 0 spiro atoms. The molecule has 3 unspecified atom stereocenters. The maximum absolute atomic E-state index is 12.0. The number of anilines is 2. The molecule has 7 nitrogen and oxygen atoms in total. The van der Waals surface area contributed by atoms with E-state index in [0.29, 0.717) is 0 Å². The molecule has 3 atom stereocenters. The Morgan fingerprint density at radius 2 is 1.41 bits per heavy atom. The number of rotatable bonds is 10. The molecule has 0 aliphatic carbocycles. The lowest BCUT2D eigenvalue weighted by Crippen LogP contribution is -2.36. The molecule has 0 fully saturated rings. The van der Waals surface area contributed by atoms with Crippen molar-refractivity contribution in [2.45, 2.75) is 18.5 Å². The number of aliphatic carboxylic acids is 2. The second kappa shape index (κ2) is 9.90. The van der Waals surface area contributed by atoms with Gasteiger partial charge in [0.15, 0.2) is 8.03 Å². The molecule has 27 heavy (non-hydrogen) atoms. The van der Waals surface area contributed by atoms with E-state index >= 15 is 0 Å². The van der Waals surface area contributed by atoms with Crippen LogP contribution in [0, 0.1) is 5.92 Å². The summed E-state index contributed by atoms with van der Waals surface area (Å²) in [5.74, 6) is -3.64. The number of carboxylic acid groups (broad SMARTS) is 2. The van der Waals surface area contributed by atoms with Gasteiger partial charge in [-0.05, 0) is 30.7 Å². The van der Waals surface area contributed by atoms with Gasteiger partial charge in [0.2, 0.25) is 0 Å². The van der Waals surface area contributed by atoms with Crippen molar-refractivity contribution in [3.8, 4) is 0 Å². The van der Waals surface area contributed by atoms with Crippen molar-refractivity contribution in [2.24, 2.45) is 5.92 Å².